The van der Waals surface area contributed by atoms with Crippen molar-refractivity contribution in [2.75, 3.05) is 5.73 Å². The molecular weight excluding hydrogens is 414 g/mol. The zero-order chi connectivity index (χ0) is 23.4. The molecule has 0 atom stereocenters. The molecule has 0 aliphatic heterocycles. The molecule has 0 saturated heterocycles. The predicted molar refractivity (Wildman–Crippen MR) is 129 cm³/mol. The first-order chi connectivity index (χ1) is 15.7. The van der Waals surface area contributed by atoms with Gasteiger partial charge in [-0.1, -0.05) is 36.8 Å². The van der Waals surface area contributed by atoms with Gasteiger partial charge in [-0.25, -0.2) is 9.97 Å². The maximum atomic E-state index is 13.5. The fraction of sp³-hybridized carbons (Fsp3) is 0.308. The topological polar surface area (TPSA) is 103 Å². The van der Waals surface area contributed by atoms with Crippen molar-refractivity contribution >= 4 is 39.4 Å². The van der Waals surface area contributed by atoms with E-state index in [4.69, 9.17) is 5.73 Å². The zero-order valence-electron chi connectivity index (χ0n) is 19.1. The molecule has 7 nitrogen and oxygen atoms in total. The third-order valence-electron chi connectivity index (χ3n) is 6.39. The van der Waals surface area contributed by atoms with Crippen LogP contribution in [0.5, 0.6) is 0 Å². The van der Waals surface area contributed by atoms with E-state index in [1.54, 1.807) is 12.4 Å². The SMILES string of the molecule is CC(C)(C)NC(=O)C1(c2ccc3nc(N)nc(C(=O)n4cc5ccccc5c4)c3c2)CCC1. The minimum absolute atomic E-state index is 0.0153. The smallest absolute Gasteiger partial charge is 0.281 e. The molecule has 1 aliphatic rings. The number of hydrogen-bond acceptors (Lipinski definition) is 5. The van der Waals surface area contributed by atoms with E-state index in [-0.39, 0.29) is 29.0 Å². The fourth-order valence-electron chi connectivity index (χ4n) is 4.57. The summed E-state index contributed by atoms with van der Waals surface area (Å²) in [6, 6.07) is 13.4. The van der Waals surface area contributed by atoms with E-state index in [9.17, 15) is 9.59 Å². The van der Waals surface area contributed by atoms with Crippen LogP contribution in [-0.4, -0.2) is 31.9 Å². The van der Waals surface area contributed by atoms with E-state index in [0.717, 1.165) is 35.6 Å². The van der Waals surface area contributed by atoms with Gasteiger partial charge in [0.05, 0.1) is 10.9 Å². The molecule has 0 bridgehead atoms. The number of carbonyl (C=O) groups is 2. The molecule has 2 heterocycles. The third-order valence-corrected chi connectivity index (χ3v) is 6.39. The molecule has 7 heteroatoms. The fourth-order valence-corrected chi connectivity index (χ4v) is 4.57. The summed E-state index contributed by atoms with van der Waals surface area (Å²) in [7, 11) is 0. The van der Waals surface area contributed by atoms with Gasteiger partial charge in [0, 0.05) is 23.3 Å². The molecular formula is C26H27N5O2. The number of hydrogen-bond donors (Lipinski definition) is 2. The predicted octanol–water partition coefficient (Wildman–Crippen LogP) is 4.19. The molecule has 1 fully saturated rings. The molecule has 2 aromatic heterocycles. The summed E-state index contributed by atoms with van der Waals surface area (Å²) >= 11 is 0. The van der Waals surface area contributed by atoms with Gasteiger partial charge in [-0.3, -0.25) is 14.2 Å². The molecule has 1 amide bonds. The van der Waals surface area contributed by atoms with E-state index >= 15 is 0 Å². The Morgan fingerprint density at radius 2 is 1.70 bits per heavy atom. The van der Waals surface area contributed by atoms with E-state index in [2.05, 4.69) is 15.3 Å². The van der Waals surface area contributed by atoms with Gasteiger partial charge in [-0.15, -0.1) is 0 Å². The largest absolute Gasteiger partial charge is 0.368 e. The third kappa shape index (κ3) is 3.63. The lowest BCUT2D eigenvalue weighted by atomic mass is 9.63. The summed E-state index contributed by atoms with van der Waals surface area (Å²) in [5.74, 6) is -0.232. The van der Waals surface area contributed by atoms with Crippen LogP contribution in [0.4, 0.5) is 5.95 Å². The van der Waals surface area contributed by atoms with Crippen molar-refractivity contribution in [1.29, 1.82) is 0 Å². The maximum Gasteiger partial charge on any atom is 0.281 e. The van der Waals surface area contributed by atoms with Crippen LogP contribution >= 0.6 is 0 Å². The van der Waals surface area contributed by atoms with Gasteiger partial charge in [0.1, 0.15) is 5.69 Å². The molecule has 2 aromatic carbocycles. The molecule has 1 saturated carbocycles. The normalized spacial score (nSPS) is 15.4. The summed E-state index contributed by atoms with van der Waals surface area (Å²) in [6.45, 7) is 5.93. The number of nitrogen functional groups attached to an aromatic ring is 1. The number of aromatic nitrogens is 3. The van der Waals surface area contributed by atoms with Gasteiger partial charge in [-0.05, 0) is 62.1 Å². The quantitative estimate of drug-likeness (QED) is 0.496. The van der Waals surface area contributed by atoms with Crippen molar-refractivity contribution in [3.05, 3.63) is 66.1 Å². The van der Waals surface area contributed by atoms with Gasteiger partial charge < -0.3 is 11.1 Å². The van der Waals surface area contributed by atoms with Crippen molar-refractivity contribution in [2.45, 2.75) is 51.0 Å². The summed E-state index contributed by atoms with van der Waals surface area (Å²) in [5.41, 5.74) is 6.70. The van der Waals surface area contributed by atoms with E-state index < -0.39 is 5.41 Å². The van der Waals surface area contributed by atoms with Gasteiger partial charge in [0.25, 0.3) is 5.91 Å². The Labute approximate surface area is 192 Å². The Hall–Kier alpha value is -3.74. The molecule has 0 radical (unpaired) electrons. The number of nitrogens with two attached hydrogens (primary N) is 1. The van der Waals surface area contributed by atoms with Crippen LogP contribution in [0.3, 0.4) is 0 Å². The Bertz CT molecular complexity index is 1380. The molecule has 168 valence electrons. The molecule has 0 unspecified atom stereocenters. The average molecular weight is 442 g/mol. The minimum atomic E-state index is -0.606. The molecule has 3 N–H and O–H groups in total. The highest BCUT2D eigenvalue weighted by Gasteiger charge is 2.46. The Morgan fingerprint density at radius 3 is 2.27 bits per heavy atom. The van der Waals surface area contributed by atoms with Crippen LogP contribution in [0.2, 0.25) is 0 Å². The van der Waals surface area contributed by atoms with Gasteiger partial charge >= 0.3 is 0 Å². The van der Waals surface area contributed by atoms with Crippen LogP contribution in [-0.2, 0) is 10.2 Å². The number of nitrogens with zero attached hydrogens (tertiary/aromatic N) is 3. The second-order valence-electron chi connectivity index (χ2n) is 9.90. The molecule has 1 aliphatic carbocycles. The van der Waals surface area contributed by atoms with Crippen molar-refractivity contribution in [1.82, 2.24) is 19.9 Å². The van der Waals surface area contributed by atoms with E-state index in [1.165, 1.54) is 4.57 Å². The number of rotatable bonds is 3. The van der Waals surface area contributed by atoms with Crippen molar-refractivity contribution in [3.63, 3.8) is 0 Å². The standard InChI is InChI=1S/C26H27N5O2/c1-25(2,3)30-23(33)26(11-6-12-26)18-9-10-20-19(13-18)21(29-24(27)28-20)22(32)31-14-16-7-4-5-8-17(16)15-31/h4-5,7-10,13-15H,6,11-12H2,1-3H3,(H,30,33)(H2,27,28,29). The summed E-state index contributed by atoms with van der Waals surface area (Å²) < 4.78 is 1.53. The van der Waals surface area contributed by atoms with Crippen LogP contribution < -0.4 is 11.1 Å². The number of nitrogens with one attached hydrogen (secondary N) is 1. The minimum Gasteiger partial charge on any atom is -0.368 e. The number of benzene rings is 2. The summed E-state index contributed by atoms with van der Waals surface area (Å²) in [4.78, 5) is 35.4. The first-order valence-corrected chi connectivity index (χ1v) is 11.2. The number of carbonyl (C=O) groups excluding carboxylic acids is 2. The van der Waals surface area contributed by atoms with Gasteiger partial charge in [-0.2, -0.15) is 0 Å². The average Bonchev–Trinajstić information content (AvgIpc) is 3.15. The van der Waals surface area contributed by atoms with E-state index in [1.807, 2.05) is 63.2 Å². The number of anilines is 1. The van der Waals surface area contributed by atoms with Crippen molar-refractivity contribution in [3.8, 4) is 0 Å². The first-order valence-electron chi connectivity index (χ1n) is 11.2. The zero-order valence-corrected chi connectivity index (χ0v) is 19.1. The van der Waals surface area contributed by atoms with Crippen LogP contribution in [0.25, 0.3) is 21.7 Å². The molecule has 4 aromatic rings. The lowest BCUT2D eigenvalue weighted by molar-refractivity contribution is -0.131. The lowest BCUT2D eigenvalue weighted by Crippen LogP contribution is -2.54. The Kier molecular flexibility index (Phi) is 4.74. The number of fused-ring (bicyclic) bond motifs is 2. The second-order valence-corrected chi connectivity index (χ2v) is 9.90. The second kappa shape index (κ2) is 7.40. The Balaban J connectivity index is 1.62. The maximum absolute atomic E-state index is 13.5. The highest BCUT2D eigenvalue weighted by Crippen LogP contribution is 2.45. The molecule has 0 spiro atoms. The number of amides is 1. The highest BCUT2D eigenvalue weighted by atomic mass is 16.2. The van der Waals surface area contributed by atoms with Crippen LogP contribution in [0, 0.1) is 0 Å². The molecule has 33 heavy (non-hydrogen) atoms. The summed E-state index contributed by atoms with van der Waals surface area (Å²) in [5, 5.41) is 5.66. The van der Waals surface area contributed by atoms with E-state index in [0.29, 0.717) is 10.9 Å². The first kappa shape index (κ1) is 21.1. The lowest BCUT2D eigenvalue weighted by Gasteiger charge is -2.42. The summed E-state index contributed by atoms with van der Waals surface area (Å²) in [6.07, 6.45) is 6.09. The van der Waals surface area contributed by atoms with Crippen molar-refractivity contribution in [2.24, 2.45) is 0 Å². The van der Waals surface area contributed by atoms with Crippen LogP contribution in [0.15, 0.2) is 54.9 Å². The van der Waals surface area contributed by atoms with Crippen LogP contribution in [0.1, 0.15) is 56.1 Å². The Morgan fingerprint density at radius 1 is 1.03 bits per heavy atom. The van der Waals surface area contributed by atoms with Gasteiger partial charge in [0.15, 0.2) is 0 Å². The van der Waals surface area contributed by atoms with Crippen molar-refractivity contribution < 1.29 is 9.59 Å². The van der Waals surface area contributed by atoms with Gasteiger partial charge in [0.2, 0.25) is 11.9 Å². The molecule has 5 rings (SSSR count). The monoisotopic (exact) mass is 441 g/mol. The highest BCUT2D eigenvalue weighted by molar-refractivity contribution is 6.07.